The van der Waals surface area contributed by atoms with E-state index in [-0.39, 0.29) is 5.91 Å². The predicted molar refractivity (Wildman–Crippen MR) is 98.1 cm³/mol. The van der Waals surface area contributed by atoms with Crippen molar-refractivity contribution >= 4 is 11.7 Å². The average molecular weight is 331 g/mol. The highest BCUT2D eigenvalue weighted by atomic mass is 16.1. The fourth-order valence-electron chi connectivity index (χ4n) is 2.62. The van der Waals surface area contributed by atoms with Gasteiger partial charge in [0.05, 0.1) is 0 Å². The first kappa shape index (κ1) is 18.4. The Morgan fingerprint density at radius 3 is 2.62 bits per heavy atom. The number of piperazine rings is 1. The van der Waals surface area contributed by atoms with E-state index in [1.54, 1.807) is 6.08 Å². The van der Waals surface area contributed by atoms with Gasteiger partial charge in [-0.05, 0) is 32.3 Å². The van der Waals surface area contributed by atoms with E-state index in [1.807, 2.05) is 43.4 Å². The van der Waals surface area contributed by atoms with Crippen LogP contribution in [0.3, 0.4) is 0 Å². The molecule has 0 aliphatic carbocycles. The van der Waals surface area contributed by atoms with Gasteiger partial charge in [0.2, 0.25) is 5.91 Å². The van der Waals surface area contributed by atoms with Crippen LogP contribution in [0.4, 0.5) is 5.82 Å². The molecule has 0 atom stereocenters. The maximum atomic E-state index is 11.7. The van der Waals surface area contributed by atoms with Gasteiger partial charge in [0.25, 0.3) is 0 Å². The van der Waals surface area contributed by atoms with Crippen molar-refractivity contribution in [2.45, 2.75) is 13.5 Å². The molecule has 1 aliphatic rings. The van der Waals surface area contributed by atoms with Gasteiger partial charge < -0.3 is 20.0 Å². The zero-order valence-electron chi connectivity index (χ0n) is 15.0. The fourth-order valence-corrected chi connectivity index (χ4v) is 2.62. The van der Waals surface area contributed by atoms with E-state index in [2.05, 4.69) is 27.0 Å². The maximum absolute atomic E-state index is 11.7. The molecule has 1 N–H and O–H groups in total. The molecule has 1 saturated heterocycles. The highest BCUT2D eigenvalue weighted by Gasteiger charge is 2.16. The lowest BCUT2D eigenvalue weighted by molar-refractivity contribution is -0.116. The van der Waals surface area contributed by atoms with Crippen molar-refractivity contribution in [3.63, 3.8) is 0 Å². The Morgan fingerprint density at radius 1 is 1.29 bits per heavy atom. The van der Waals surface area contributed by atoms with Crippen LogP contribution in [0.5, 0.6) is 0 Å². The van der Waals surface area contributed by atoms with Crippen LogP contribution in [-0.4, -0.2) is 74.1 Å². The van der Waals surface area contributed by atoms with Gasteiger partial charge in [-0.2, -0.15) is 0 Å². The van der Waals surface area contributed by atoms with E-state index < -0.39 is 0 Å². The summed E-state index contributed by atoms with van der Waals surface area (Å²) in [5.41, 5.74) is 1.01. The number of pyridine rings is 1. The first-order chi connectivity index (χ1) is 11.6. The zero-order chi connectivity index (χ0) is 17.4. The molecule has 1 amide bonds. The Bertz CT molecular complexity index is 533. The Kier molecular flexibility index (Phi) is 7.21. The zero-order valence-corrected chi connectivity index (χ0v) is 15.0. The second-order valence-electron chi connectivity index (χ2n) is 6.33. The van der Waals surface area contributed by atoms with Gasteiger partial charge in [-0.15, -0.1) is 0 Å². The van der Waals surface area contributed by atoms with E-state index in [0.29, 0.717) is 6.54 Å². The Hall–Kier alpha value is -1.92. The van der Waals surface area contributed by atoms with Gasteiger partial charge in [0.1, 0.15) is 5.82 Å². The maximum Gasteiger partial charge on any atom is 0.243 e. The Morgan fingerprint density at radius 2 is 2.04 bits per heavy atom. The second kappa shape index (κ2) is 9.39. The Labute approximate surface area is 145 Å². The van der Waals surface area contributed by atoms with Crippen LogP contribution in [0.1, 0.15) is 12.5 Å². The van der Waals surface area contributed by atoms with Crippen LogP contribution in [-0.2, 0) is 11.3 Å². The molecule has 1 fully saturated rings. The molecule has 0 unspecified atom stereocenters. The number of amides is 1. The topological polar surface area (TPSA) is 51.7 Å². The van der Waals surface area contributed by atoms with Gasteiger partial charge in [-0.25, -0.2) is 4.98 Å². The molecule has 0 saturated carbocycles. The highest BCUT2D eigenvalue weighted by Crippen LogP contribution is 2.14. The summed E-state index contributed by atoms with van der Waals surface area (Å²) in [7, 11) is 3.94. The predicted octanol–water partition coefficient (Wildman–Crippen LogP) is 0.958. The summed E-state index contributed by atoms with van der Waals surface area (Å²) in [6, 6.07) is 4.09. The highest BCUT2D eigenvalue weighted by molar-refractivity contribution is 5.87. The quantitative estimate of drug-likeness (QED) is 0.754. The molecule has 24 heavy (non-hydrogen) atoms. The first-order valence-electron chi connectivity index (χ1n) is 8.60. The largest absolute Gasteiger partial charge is 0.354 e. The summed E-state index contributed by atoms with van der Waals surface area (Å²) in [5.74, 6) is 0.948. The molecule has 0 aromatic carbocycles. The van der Waals surface area contributed by atoms with Crippen LogP contribution in [0.15, 0.2) is 30.5 Å². The molecule has 1 aliphatic heterocycles. The average Bonchev–Trinajstić information content (AvgIpc) is 2.60. The summed E-state index contributed by atoms with van der Waals surface area (Å²) in [5, 5.41) is 2.88. The molecular formula is C18H29N5O. The number of nitrogens with one attached hydrogen (secondary N) is 1. The summed E-state index contributed by atoms with van der Waals surface area (Å²) in [6.07, 6.45) is 5.28. The third-order valence-electron chi connectivity index (χ3n) is 4.16. The number of hydrogen-bond donors (Lipinski definition) is 1. The minimum atomic E-state index is -0.0726. The molecule has 0 radical (unpaired) electrons. The molecule has 132 valence electrons. The summed E-state index contributed by atoms with van der Waals surface area (Å²) in [6.45, 7) is 8.80. The standard InChI is InChI=1S/C18H29N5O/c1-4-22-10-12-23(13-11-22)17-8-7-16(14-19-17)15-20-18(24)6-5-9-21(2)3/h5-8,14H,4,9-13,15H2,1-3H3,(H,20,24)/b6-5+. The summed E-state index contributed by atoms with van der Waals surface area (Å²) >= 11 is 0. The molecule has 2 rings (SSSR count). The van der Waals surface area contributed by atoms with E-state index in [0.717, 1.165) is 50.6 Å². The monoisotopic (exact) mass is 331 g/mol. The van der Waals surface area contributed by atoms with Gasteiger partial charge in [-0.1, -0.05) is 19.1 Å². The summed E-state index contributed by atoms with van der Waals surface area (Å²) < 4.78 is 0. The Balaban J connectivity index is 1.78. The number of anilines is 1. The number of carbonyl (C=O) groups excluding carboxylic acids is 1. The van der Waals surface area contributed by atoms with Gasteiger partial charge in [-0.3, -0.25) is 4.79 Å². The number of likely N-dealkylation sites (N-methyl/N-ethyl adjacent to an activating group) is 2. The van der Waals surface area contributed by atoms with Crippen molar-refractivity contribution < 1.29 is 4.79 Å². The van der Waals surface area contributed by atoms with Gasteiger partial charge in [0, 0.05) is 51.5 Å². The van der Waals surface area contributed by atoms with Crippen LogP contribution < -0.4 is 10.2 Å². The van der Waals surface area contributed by atoms with Crippen molar-refractivity contribution in [3.05, 3.63) is 36.0 Å². The molecule has 1 aromatic heterocycles. The van der Waals surface area contributed by atoms with E-state index >= 15 is 0 Å². The molecule has 6 heteroatoms. The first-order valence-corrected chi connectivity index (χ1v) is 8.60. The SMILES string of the molecule is CCN1CCN(c2ccc(CNC(=O)/C=C/CN(C)C)cn2)CC1. The van der Waals surface area contributed by atoms with Gasteiger partial charge >= 0.3 is 0 Å². The fraction of sp³-hybridized carbons (Fsp3) is 0.556. The van der Waals surface area contributed by atoms with Crippen LogP contribution in [0.25, 0.3) is 0 Å². The third kappa shape index (κ3) is 5.94. The molecule has 2 heterocycles. The number of aromatic nitrogens is 1. The van der Waals surface area contributed by atoms with Crippen molar-refractivity contribution in [1.29, 1.82) is 0 Å². The minimum absolute atomic E-state index is 0.0726. The molecule has 1 aromatic rings. The minimum Gasteiger partial charge on any atom is -0.354 e. The van der Waals surface area contributed by atoms with Crippen molar-refractivity contribution in [2.24, 2.45) is 0 Å². The molecule has 0 spiro atoms. The van der Waals surface area contributed by atoms with Gasteiger partial charge in [0.15, 0.2) is 0 Å². The molecule has 6 nitrogen and oxygen atoms in total. The van der Waals surface area contributed by atoms with E-state index in [9.17, 15) is 4.79 Å². The van der Waals surface area contributed by atoms with Crippen molar-refractivity contribution in [1.82, 2.24) is 20.1 Å². The number of carbonyl (C=O) groups is 1. The lowest BCUT2D eigenvalue weighted by Gasteiger charge is -2.34. The number of nitrogens with zero attached hydrogens (tertiary/aromatic N) is 4. The number of rotatable bonds is 7. The molecular weight excluding hydrogens is 302 g/mol. The van der Waals surface area contributed by atoms with E-state index in [1.165, 1.54) is 0 Å². The smallest absolute Gasteiger partial charge is 0.243 e. The van der Waals surface area contributed by atoms with Crippen molar-refractivity contribution in [3.8, 4) is 0 Å². The van der Waals surface area contributed by atoms with E-state index in [4.69, 9.17) is 0 Å². The second-order valence-corrected chi connectivity index (χ2v) is 6.33. The number of hydrogen-bond acceptors (Lipinski definition) is 5. The van der Waals surface area contributed by atoms with Crippen LogP contribution in [0.2, 0.25) is 0 Å². The molecule has 0 bridgehead atoms. The lowest BCUT2D eigenvalue weighted by Crippen LogP contribution is -2.46. The van der Waals surface area contributed by atoms with Crippen LogP contribution in [0, 0.1) is 0 Å². The third-order valence-corrected chi connectivity index (χ3v) is 4.16. The van der Waals surface area contributed by atoms with Crippen LogP contribution >= 0.6 is 0 Å². The lowest BCUT2D eigenvalue weighted by atomic mass is 10.2. The summed E-state index contributed by atoms with van der Waals surface area (Å²) in [4.78, 5) is 23.0. The van der Waals surface area contributed by atoms with Crippen molar-refractivity contribution in [2.75, 3.05) is 58.3 Å². The normalized spacial score (nSPS) is 16.1.